The van der Waals surface area contributed by atoms with E-state index in [0.717, 1.165) is 0 Å². The van der Waals surface area contributed by atoms with Crippen molar-refractivity contribution in [2.24, 2.45) is 5.41 Å². The maximum Gasteiger partial charge on any atom is 0.324 e. The Labute approximate surface area is 69.9 Å². The molecule has 5 heteroatoms. The van der Waals surface area contributed by atoms with E-state index >= 15 is 0 Å². The van der Waals surface area contributed by atoms with E-state index in [2.05, 4.69) is 0 Å². The second-order valence-corrected chi connectivity index (χ2v) is 3.08. The Balaban J connectivity index is 2.81. The average Bonchev–Trinajstić information content (AvgIpc) is 1.83. The highest BCUT2D eigenvalue weighted by atomic mass is 16.5. The number of ether oxygens (including phenoxy) is 1. The summed E-state index contributed by atoms with van der Waals surface area (Å²) < 4.78 is 4.74. The molecule has 1 saturated heterocycles. The van der Waals surface area contributed by atoms with Crippen molar-refractivity contribution in [3.63, 3.8) is 0 Å². The molecule has 12 heavy (non-hydrogen) atoms. The van der Waals surface area contributed by atoms with Gasteiger partial charge in [0.2, 0.25) is 5.91 Å². The van der Waals surface area contributed by atoms with Crippen molar-refractivity contribution in [3.05, 3.63) is 0 Å². The number of rotatable bonds is 2. The average molecular weight is 173 g/mol. The van der Waals surface area contributed by atoms with Gasteiger partial charge in [-0.3, -0.25) is 9.59 Å². The van der Waals surface area contributed by atoms with Crippen LogP contribution >= 0.6 is 0 Å². The molecule has 1 aliphatic heterocycles. The molecule has 0 spiro atoms. The first kappa shape index (κ1) is 8.99. The topological polar surface area (TPSA) is 66.8 Å². The third-order valence-corrected chi connectivity index (χ3v) is 1.92. The predicted molar refractivity (Wildman–Crippen MR) is 39.6 cm³/mol. The maximum atomic E-state index is 11.4. The Hall–Kier alpha value is -1.10. The number of carboxylic acids is 1. The zero-order valence-electron chi connectivity index (χ0n) is 7.03. The summed E-state index contributed by atoms with van der Waals surface area (Å²) in [5.41, 5.74) is -1.32. The summed E-state index contributed by atoms with van der Waals surface area (Å²) in [4.78, 5) is 23.4. The Morgan fingerprint density at radius 1 is 1.42 bits per heavy atom. The first-order valence-corrected chi connectivity index (χ1v) is 3.53. The molecule has 0 saturated carbocycles. The molecule has 5 nitrogen and oxygen atoms in total. The van der Waals surface area contributed by atoms with Crippen molar-refractivity contribution < 1.29 is 19.4 Å². The molecule has 0 unspecified atom stereocenters. The predicted octanol–water partition coefficient (Wildman–Crippen LogP) is -0.824. The summed E-state index contributed by atoms with van der Waals surface area (Å²) in [7, 11) is 3.07. The van der Waals surface area contributed by atoms with Crippen molar-refractivity contribution in [2.45, 2.75) is 0 Å². The van der Waals surface area contributed by atoms with Crippen LogP contribution < -0.4 is 0 Å². The number of carbonyl (C=O) groups excluding carboxylic acids is 1. The van der Waals surface area contributed by atoms with Crippen LogP contribution in [0.5, 0.6) is 0 Å². The van der Waals surface area contributed by atoms with Crippen LogP contribution in [0.2, 0.25) is 0 Å². The molecule has 1 aliphatic rings. The Kier molecular flexibility index (Phi) is 2.06. The van der Waals surface area contributed by atoms with Crippen molar-refractivity contribution >= 4 is 11.9 Å². The minimum atomic E-state index is -1.32. The van der Waals surface area contributed by atoms with E-state index in [1.807, 2.05) is 0 Å². The lowest BCUT2D eigenvalue weighted by atomic mass is 9.84. The zero-order chi connectivity index (χ0) is 9.35. The highest BCUT2D eigenvalue weighted by Crippen LogP contribution is 2.29. The second-order valence-electron chi connectivity index (χ2n) is 3.08. The summed E-state index contributed by atoms with van der Waals surface area (Å²) in [6, 6.07) is 0. The van der Waals surface area contributed by atoms with Crippen molar-refractivity contribution in [3.8, 4) is 0 Å². The Bertz CT molecular complexity index is 219. The number of carboxylic acid groups (broad SMARTS) is 1. The standard InChI is InChI=1S/C7H11NO4/c1-8(2)5(9)7(6(10)11)3-12-4-7/h3-4H2,1-2H3,(H,10,11). The zero-order valence-corrected chi connectivity index (χ0v) is 7.03. The fourth-order valence-corrected chi connectivity index (χ4v) is 1.07. The minimum absolute atomic E-state index is 0.0145. The molecule has 0 bridgehead atoms. The molecule has 1 N–H and O–H groups in total. The van der Waals surface area contributed by atoms with Gasteiger partial charge in [0.1, 0.15) is 0 Å². The molecule has 0 atom stereocenters. The summed E-state index contributed by atoms with van der Waals surface area (Å²) in [5, 5.41) is 8.78. The largest absolute Gasteiger partial charge is 0.480 e. The fraction of sp³-hybridized carbons (Fsp3) is 0.714. The number of hydrogen-bond acceptors (Lipinski definition) is 3. The normalized spacial score (nSPS) is 19.5. The van der Waals surface area contributed by atoms with Crippen LogP contribution in [0.25, 0.3) is 0 Å². The van der Waals surface area contributed by atoms with Crippen molar-refractivity contribution in [1.82, 2.24) is 4.90 Å². The Morgan fingerprint density at radius 3 is 2.00 bits per heavy atom. The molecule has 1 amide bonds. The van der Waals surface area contributed by atoms with Gasteiger partial charge in [0.15, 0.2) is 5.41 Å². The second kappa shape index (κ2) is 2.75. The number of carbonyl (C=O) groups is 2. The third-order valence-electron chi connectivity index (χ3n) is 1.92. The van der Waals surface area contributed by atoms with Crippen LogP contribution in [0, 0.1) is 5.41 Å². The maximum absolute atomic E-state index is 11.4. The van der Waals surface area contributed by atoms with Crippen molar-refractivity contribution in [1.29, 1.82) is 0 Å². The summed E-state index contributed by atoms with van der Waals surface area (Å²) in [6.07, 6.45) is 0. The summed E-state index contributed by atoms with van der Waals surface area (Å²) in [5.74, 6) is -1.51. The molecule has 0 aromatic rings. The Morgan fingerprint density at radius 2 is 1.92 bits per heavy atom. The van der Waals surface area contributed by atoms with Gasteiger partial charge in [-0.2, -0.15) is 0 Å². The lowest BCUT2D eigenvalue weighted by Gasteiger charge is -2.37. The minimum Gasteiger partial charge on any atom is -0.480 e. The highest BCUT2D eigenvalue weighted by Gasteiger charge is 2.53. The molecule has 0 aromatic carbocycles. The van der Waals surface area contributed by atoms with Crippen molar-refractivity contribution in [2.75, 3.05) is 27.3 Å². The van der Waals surface area contributed by atoms with Gasteiger partial charge in [0, 0.05) is 14.1 Å². The van der Waals surface area contributed by atoms with Gasteiger partial charge in [0.25, 0.3) is 0 Å². The fourth-order valence-electron chi connectivity index (χ4n) is 1.07. The van der Waals surface area contributed by atoms with E-state index in [0.29, 0.717) is 0 Å². The van der Waals surface area contributed by atoms with Crippen LogP contribution in [-0.4, -0.2) is 49.2 Å². The molecule has 1 fully saturated rings. The lowest BCUT2D eigenvalue weighted by Crippen LogP contribution is -2.58. The van der Waals surface area contributed by atoms with E-state index in [9.17, 15) is 9.59 Å². The van der Waals surface area contributed by atoms with Crippen LogP contribution in [0.15, 0.2) is 0 Å². The third kappa shape index (κ3) is 1.06. The van der Waals surface area contributed by atoms with Gasteiger partial charge in [0.05, 0.1) is 13.2 Å². The van der Waals surface area contributed by atoms with Gasteiger partial charge in [-0.1, -0.05) is 0 Å². The number of hydrogen-bond donors (Lipinski definition) is 1. The first-order chi connectivity index (χ1) is 5.50. The molecule has 1 rings (SSSR count). The first-order valence-electron chi connectivity index (χ1n) is 3.53. The van der Waals surface area contributed by atoms with Gasteiger partial charge >= 0.3 is 5.97 Å². The van der Waals surface area contributed by atoms with E-state index in [1.165, 1.54) is 19.0 Å². The molecular formula is C7H11NO4. The summed E-state index contributed by atoms with van der Waals surface area (Å²) >= 11 is 0. The molecule has 0 aliphatic carbocycles. The van der Waals surface area contributed by atoms with Crippen LogP contribution in [0.3, 0.4) is 0 Å². The lowest BCUT2D eigenvalue weighted by molar-refractivity contribution is -0.189. The van der Waals surface area contributed by atoms with Crippen LogP contribution in [-0.2, 0) is 14.3 Å². The highest BCUT2D eigenvalue weighted by molar-refractivity contribution is 6.02. The van der Waals surface area contributed by atoms with E-state index < -0.39 is 17.3 Å². The van der Waals surface area contributed by atoms with E-state index in [4.69, 9.17) is 9.84 Å². The SMILES string of the molecule is CN(C)C(=O)C1(C(=O)O)COC1. The number of aliphatic carboxylic acids is 1. The quantitative estimate of drug-likeness (QED) is 0.554. The van der Waals surface area contributed by atoms with Gasteiger partial charge in [-0.05, 0) is 0 Å². The van der Waals surface area contributed by atoms with Crippen LogP contribution in [0.4, 0.5) is 0 Å². The van der Waals surface area contributed by atoms with E-state index in [-0.39, 0.29) is 13.2 Å². The molecule has 0 radical (unpaired) electrons. The van der Waals surface area contributed by atoms with E-state index in [1.54, 1.807) is 0 Å². The van der Waals surface area contributed by atoms with Gasteiger partial charge < -0.3 is 14.7 Å². The number of amides is 1. The van der Waals surface area contributed by atoms with Gasteiger partial charge in [-0.15, -0.1) is 0 Å². The summed E-state index contributed by atoms with van der Waals surface area (Å²) in [6.45, 7) is -0.0291. The monoisotopic (exact) mass is 173 g/mol. The van der Waals surface area contributed by atoms with Gasteiger partial charge in [-0.25, -0.2) is 0 Å². The van der Waals surface area contributed by atoms with Crippen LogP contribution in [0.1, 0.15) is 0 Å². The molecule has 68 valence electrons. The number of nitrogens with zero attached hydrogens (tertiary/aromatic N) is 1. The smallest absolute Gasteiger partial charge is 0.324 e. The molecule has 1 heterocycles. The molecular weight excluding hydrogens is 162 g/mol. The molecule has 0 aromatic heterocycles.